The van der Waals surface area contributed by atoms with Crippen LogP contribution in [0.1, 0.15) is 0 Å². The van der Waals surface area contributed by atoms with Gasteiger partial charge in [-0.15, -0.1) is 0 Å². The van der Waals surface area contributed by atoms with Gasteiger partial charge in [-0.3, -0.25) is 0 Å². The molecule has 0 aromatic carbocycles. The Balaban J connectivity index is 2.49. The third-order valence-electron chi connectivity index (χ3n) is 1.62. The van der Waals surface area contributed by atoms with Crippen molar-refractivity contribution in [3.63, 3.8) is 0 Å². The van der Waals surface area contributed by atoms with Crippen LogP contribution in [-0.2, 0) is 0 Å². The van der Waals surface area contributed by atoms with E-state index in [2.05, 4.69) is 15.3 Å². The molecule has 1 rings (SSSR count). The minimum absolute atomic E-state index is 0.0911. The molecule has 1 N–H and O–H groups in total. The number of methoxy groups -OCH3 is 1. The smallest absolute Gasteiger partial charge is 0.441 e. The van der Waals surface area contributed by atoms with Crippen molar-refractivity contribution in [3.8, 4) is 5.75 Å². The van der Waals surface area contributed by atoms with Gasteiger partial charge in [0.05, 0.1) is 7.11 Å². The summed E-state index contributed by atoms with van der Waals surface area (Å²) in [7, 11) is 1.38. The predicted octanol–water partition coefficient (Wildman–Crippen LogP) is 2.80. The maximum atomic E-state index is 11.9. The molecule has 0 unspecified atom stereocenters. The quantitative estimate of drug-likeness (QED) is 0.666. The molecule has 9 heteroatoms. The molecule has 0 saturated heterocycles. The van der Waals surface area contributed by atoms with E-state index in [1.54, 1.807) is 0 Å². The topological polar surface area (TPSA) is 47.0 Å². The molecule has 0 atom stereocenters. The largest absolute Gasteiger partial charge is 0.490 e. The van der Waals surface area contributed by atoms with Gasteiger partial charge in [0, 0.05) is 12.3 Å². The lowest BCUT2D eigenvalue weighted by atomic mass is 10.5. The van der Waals surface area contributed by atoms with Crippen LogP contribution in [0.15, 0.2) is 6.33 Å². The van der Waals surface area contributed by atoms with Crippen LogP contribution in [0.25, 0.3) is 0 Å². The lowest BCUT2D eigenvalue weighted by molar-refractivity contribution is -0.0327. The number of hydrogen-bond acceptors (Lipinski definition) is 5. The zero-order chi connectivity index (χ0) is 12.9. The fourth-order valence-corrected chi connectivity index (χ4v) is 1.64. The third-order valence-corrected chi connectivity index (χ3v) is 2.63. The molecular weight excluding hydrogens is 279 g/mol. The second kappa shape index (κ2) is 6.15. The zero-order valence-electron chi connectivity index (χ0n) is 8.71. The van der Waals surface area contributed by atoms with E-state index >= 15 is 0 Å². The highest BCUT2D eigenvalue weighted by molar-refractivity contribution is 8.00. The van der Waals surface area contributed by atoms with Gasteiger partial charge < -0.3 is 10.1 Å². The van der Waals surface area contributed by atoms with Crippen LogP contribution in [0.2, 0.25) is 5.15 Å². The monoisotopic (exact) mass is 287 g/mol. The summed E-state index contributed by atoms with van der Waals surface area (Å²) in [6.07, 6.45) is 1.20. The van der Waals surface area contributed by atoms with Crippen molar-refractivity contribution in [2.24, 2.45) is 0 Å². The average Bonchev–Trinajstić information content (AvgIpc) is 2.23. The normalized spacial score (nSPS) is 11.4. The van der Waals surface area contributed by atoms with Crippen LogP contribution in [0, 0.1) is 0 Å². The number of hydrogen-bond donors (Lipinski definition) is 1. The van der Waals surface area contributed by atoms with E-state index in [1.165, 1.54) is 13.4 Å². The number of thioether (sulfide) groups is 1. The number of rotatable bonds is 5. The van der Waals surface area contributed by atoms with E-state index in [0.29, 0.717) is 0 Å². The summed E-state index contributed by atoms with van der Waals surface area (Å²) in [5.74, 6) is 0.357. The first-order valence-corrected chi connectivity index (χ1v) is 5.79. The Morgan fingerprint density at radius 2 is 2.18 bits per heavy atom. The Labute approximate surface area is 105 Å². The van der Waals surface area contributed by atoms with E-state index in [-0.39, 0.29) is 40.8 Å². The third kappa shape index (κ3) is 4.86. The lowest BCUT2D eigenvalue weighted by Crippen LogP contribution is -2.11. The maximum Gasteiger partial charge on any atom is 0.441 e. The van der Waals surface area contributed by atoms with Gasteiger partial charge in [-0.25, -0.2) is 9.97 Å². The highest BCUT2D eigenvalue weighted by atomic mass is 35.5. The molecule has 0 radical (unpaired) electrons. The molecule has 1 heterocycles. The highest BCUT2D eigenvalue weighted by Crippen LogP contribution is 2.31. The number of aromatic nitrogens is 2. The first kappa shape index (κ1) is 14.2. The van der Waals surface area contributed by atoms with E-state index < -0.39 is 5.51 Å². The molecule has 0 spiro atoms. The van der Waals surface area contributed by atoms with E-state index in [0.717, 1.165) is 0 Å². The highest BCUT2D eigenvalue weighted by Gasteiger charge is 2.27. The number of nitrogens with one attached hydrogen (secondary N) is 1. The Morgan fingerprint density at radius 3 is 2.76 bits per heavy atom. The van der Waals surface area contributed by atoms with Gasteiger partial charge in [-0.05, 0) is 11.8 Å². The van der Waals surface area contributed by atoms with Crippen molar-refractivity contribution in [1.29, 1.82) is 0 Å². The molecule has 4 nitrogen and oxygen atoms in total. The molecule has 17 heavy (non-hydrogen) atoms. The van der Waals surface area contributed by atoms with Crippen LogP contribution in [-0.4, -0.2) is 34.9 Å². The molecule has 0 fully saturated rings. The number of anilines is 1. The molecule has 0 aliphatic heterocycles. The van der Waals surface area contributed by atoms with Gasteiger partial charge in [0.25, 0.3) is 0 Å². The van der Waals surface area contributed by atoms with Crippen molar-refractivity contribution in [1.82, 2.24) is 9.97 Å². The Morgan fingerprint density at radius 1 is 1.47 bits per heavy atom. The van der Waals surface area contributed by atoms with Gasteiger partial charge in [0.2, 0.25) is 0 Å². The second-order valence-corrected chi connectivity index (χ2v) is 4.29. The molecule has 0 aliphatic carbocycles. The van der Waals surface area contributed by atoms with Crippen molar-refractivity contribution >= 4 is 29.2 Å². The molecule has 1 aromatic heterocycles. The summed E-state index contributed by atoms with van der Waals surface area (Å²) in [5.41, 5.74) is -4.23. The lowest BCUT2D eigenvalue weighted by Gasteiger charge is -2.10. The van der Waals surface area contributed by atoms with Gasteiger partial charge in [0.1, 0.15) is 6.33 Å². The minimum Gasteiger partial charge on any atom is -0.490 e. The second-order valence-electron chi connectivity index (χ2n) is 2.77. The van der Waals surface area contributed by atoms with Crippen LogP contribution < -0.4 is 10.1 Å². The van der Waals surface area contributed by atoms with Crippen LogP contribution >= 0.6 is 23.4 Å². The molecule has 0 bridgehead atoms. The minimum atomic E-state index is -4.23. The maximum absolute atomic E-state index is 11.9. The predicted molar refractivity (Wildman–Crippen MR) is 60.6 cm³/mol. The van der Waals surface area contributed by atoms with Crippen molar-refractivity contribution in [2.45, 2.75) is 5.51 Å². The van der Waals surface area contributed by atoms with E-state index in [4.69, 9.17) is 16.3 Å². The summed E-state index contributed by atoms with van der Waals surface area (Å²) in [5, 5.41) is 2.80. The van der Waals surface area contributed by atoms with E-state index in [9.17, 15) is 13.2 Å². The van der Waals surface area contributed by atoms with Crippen molar-refractivity contribution < 1.29 is 17.9 Å². The molecular formula is C8H9ClF3N3OS. The standard InChI is InChI=1S/C8H9ClF3N3OS/c1-16-5-6(9)14-4-15-7(5)13-2-3-17-8(10,11)12/h4H,2-3H2,1H3,(H,13,14,15). The zero-order valence-corrected chi connectivity index (χ0v) is 10.3. The Kier molecular flexibility index (Phi) is 5.13. The molecule has 96 valence electrons. The number of nitrogens with zero attached hydrogens (tertiary/aromatic N) is 2. The van der Waals surface area contributed by atoms with Crippen LogP contribution in [0.4, 0.5) is 19.0 Å². The van der Waals surface area contributed by atoms with Crippen molar-refractivity contribution in [3.05, 3.63) is 11.5 Å². The fourth-order valence-electron chi connectivity index (χ4n) is 0.995. The summed E-state index contributed by atoms with van der Waals surface area (Å²) in [4.78, 5) is 7.50. The first-order valence-electron chi connectivity index (χ1n) is 4.43. The van der Waals surface area contributed by atoms with Gasteiger partial charge in [0.15, 0.2) is 16.7 Å². The summed E-state index contributed by atoms with van der Waals surface area (Å²) >= 11 is 5.60. The SMILES string of the molecule is COc1c(Cl)ncnc1NCCSC(F)(F)F. The number of halogens is 4. The molecule has 0 aliphatic rings. The van der Waals surface area contributed by atoms with Crippen LogP contribution in [0.3, 0.4) is 0 Å². The summed E-state index contributed by atoms with van der Waals surface area (Å²) < 4.78 is 40.5. The first-order chi connectivity index (χ1) is 7.94. The Hall–Kier alpha value is -0.890. The van der Waals surface area contributed by atoms with Gasteiger partial charge >= 0.3 is 5.51 Å². The summed E-state index contributed by atoms with van der Waals surface area (Å²) in [6.45, 7) is 0.0911. The average molecular weight is 288 g/mol. The molecule has 0 saturated carbocycles. The Bertz CT molecular complexity index is 378. The fraction of sp³-hybridized carbons (Fsp3) is 0.500. The van der Waals surface area contributed by atoms with E-state index in [1.807, 2.05) is 0 Å². The van der Waals surface area contributed by atoms with Gasteiger partial charge in [-0.2, -0.15) is 13.2 Å². The molecule has 1 aromatic rings. The number of ether oxygens (including phenoxy) is 1. The number of alkyl halides is 3. The van der Waals surface area contributed by atoms with Gasteiger partial charge in [-0.1, -0.05) is 11.6 Å². The van der Waals surface area contributed by atoms with Crippen molar-refractivity contribution in [2.75, 3.05) is 24.7 Å². The molecule has 0 amide bonds. The van der Waals surface area contributed by atoms with Crippen LogP contribution in [0.5, 0.6) is 5.75 Å². The summed E-state index contributed by atoms with van der Waals surface area (Å²) in [6, 6.07) is 0.